The number of rotatable bonds is 6. The minimum atomic E-state index is -0.354. The Kier molecular flexibility index (Phi) is 8.12. The van der Waals surface area contributed by atoms with Gasteiger partial charge in [-0.1, -0.05) is 36.8 Å². The van der Waals surface area contributed by atoms with E-state index in [0.29, 0.717) is 26.2 Å². The van der Waals surface area contributed by atoms with Gasteiger partial charge in [-0.15, -0.1) is 10.2 Å². The van der Waals surface area contributed by atoms with Gasteiger partial charge in [-0.25, -0.2) is 4.79 Å². The van der Waals surface area contributed by atoms with E-state index in [0.717, 1.165) is 23.5 Å². The number of piperazine rings is 1. The molecule has 0 bridgehead atoms. The molecule has 2 heterocycles. The lowest BCUT2D eigenvalue weighted by Gasteiger charge is -2.37. The van der Waals surface area contributed by atoms with Gasteiger partial charge in [-0.3, -0.25) is 4.79 Å². The topological polar surface area (TPSA) is 81.7 Å². The molecule has 0 spiro atoms. The lowest BCUT2D eigenvalue weighted by molar-refractivity contribution is -0.132. The van der Waals surface area contributed by atoms with Gasteiger partial charge in [0, 0.05) is 43.3 Å². The quantitative estimate of drug-likeness (QED) is 0.702. The Labute approximate surface area is 203 Å². The molecule has 1 aliphatic rings. The van der Waals surface area contributed by atoms with Crippen molar-refractivity contribution in [1.82, 2.24) is 25.3 Å². The summed E-state index contributed by atoms with van der Waals surface area (Å²) in [5.41, 5.74) is 2.74. The van der Waals surface area contributed by atoms with Gasteiger partial charge in [-0.05, 0) is 53.2 Å². The monoisotopic (exact) mass is 466 g/mol. The van der Waals surface area contributed by atoms with Crippen molar-refractivity contribution in [2.24, 2.45) is 0 Å². The molecule has 0 aliphatic carbocycles. The molecule has 3 rings (SSSR count). The maximum absolute atomic E-state index is 13.0. The number of anilines is 1. The number of carbonyl (C=O) groups excluding carboxylic acids is 2. The van der Waals surface area contributed by atoms with Gasteiger partial charge in [0.15, 0.2) is 5.82 Å². The van der Waals surface area contributed by atoms with Crippen LogP contribution >= 0.6 is 0 Å². The Morgan fingerprint density at radius 2 is 1.68 bits per heavy atom. The first kappa shape index (κ1) is 25.5. The molecule has 0 unspecified atom stereocenters. The Bertz CT molecular complexity index is 960. The molecule has 0 saturated carbocycles. The van der Waals surface area contributed by atoms with Crippen molar-refractivity contribution in [2.75, 3.05) is 37.6 Å². The first-order valence-electron chi connectivity index (χ1n) is 12.1. The van der Waals surface area contributed by atoms with Crippen LogP contribution in [0.5, 0.6) is 0 Å². The predicted molar refractivity (Wildman–Crippen MR) is 136 cm³/mol. The summed E-state index contributed by atoms with van der Waals surface area (Å²) < 4.78 is 0. The van der Waals surface area contributed by atoms with E-state index in [1.54, 1.807) is 4.90 Å². The Morgan fingerprint density at radius 1 is 1.03 bits per heavy atom. The Morgan fingerprint density at radius 3 is 2.21 bits per heavy atom. The highest BCUT2D eigenvalue weighted by Gasteiger charge is 2.29. The Balaban J connectivity index is 1.57. The summed E-state index contributed by atoms with van der Waals surface area (Å²) >= 11 is 0. The van der Waals surface area contributed by atoms with Crippen LogP contribution in [0.3, 0.4) is 0 Å². The van der Waals surface area contributed by atoms with Crippen molar-refractivity contribution in [3.8, 4) is 11.3 Å². The zero-order valence-electron chi connectivity index (χ0n) is 21.3. The molecular formula is C26H38N6O2. The van der Waals surface area contributed by atoms with Crippen LogP contribution in [0.2, 0.25) is 0 Å². The van der Waals surface area contributed by atoms with E-state index >= 15 is 0 Å². The number of hydrogen-bond acceptors (Lipinski definition) is 5. The lowest BCUT2D eigenvalue weighted by Crippen LogP contribution is -2.56. The van der Waals surface area contributed by atoms with Crippen LogP contribution in [0.4, 0.5) is 10.6 Å². The third kappa shape index (κ3) is 6.68. The van der Waals surface area contributed by atoms with Crippen molar-refractivity contribution in [3.05, 3.63) is 42.0 Å². The summed E-state index contributed by atoms with van der Waals surface area (Å²) in [7, 11) is 0. The number of urea groups is 1. The summed E-state index contributed by atoms with van der Waals surface area (Å²) in [6.45, 7) is 14.5. The van der Waals surface area contributed by atoms with Crippen LogP contribution in [0.15, 0.2) is 36.4 Å². The molecule has 1 atom stereocenters. The third-order valence-corrected chi connectivity index (χ3v) is 6.13. The summed E-state index contributed by atoms with van der Waals surface area (Å²) in [6.07, 6.45) is 0.788. The summed E-state index contributed by atoms with van der Waals surface area (Å²) in [5, 5.41) is 11.8. The van der Waals surface area contributed by atoms with E-state index in [-0.39, 0.29) is 30.1 Å². The van der Waals surface area contributed by atoms with Gasteiger partial charge >= 0.3 is 6.03 Å². The van der Waals surface area contributed by atoms with E-state index < -0.39 is 0 Å². The number of aromatic nitrogens is 2. The van der Waals surface area contributed by atoms with E-state index in [9.17, 15) is 9.59 Å². The average molecular weight is 467 g/mol. The van der Waals surface area contributed by atoms with Crippen molar-refractivity contribution >= 4 is 17.8 Å². The van der Waals surface area contributed by atoms with Crippen molar-refractivity contribution in [2.45, 2.75) is 59.5 Å². The second kappa shape index (κ2) is 10.8. The van der Waals surface area contributed by atoms with E-state index in [2.05, 4.69) is 39.5 Å². The second-order valence-electron chi connectivity index (χ2n) is 10.1. The average Bonchev–Trinajstić information content (AvgIpc) is 2.81. The predicted octanol–water partition coefficient (Wildman–Crippen LogP) is 3.71. The zero-order valence-corrected chi connectivity index (χ0v) is 21.3. The van der Waals surface area contributed by atoms with Crippen molar-refractivity contribution in [3.63, 3.8) is 0 Å². The molecule has 8 nitrogen and oxygen atoms in total. The van der Waals surface area contributed by atoms with Gasteiger partial charge in [0.1, 0.15) is 6.54 Å². The maximum atomic E-state index is 13.0. The van der Waals surface area contributed by atoms with Crippen LogP contribution in [-0.2, 0) is 4.79 Å². The minimum absolute atomic E-state index is 0.0186. The van der Waals surface area contributed by atoms with Gasteiger partial charge in [0.25, 0.3) is 0 Å². The smallest absolute Gasteiger partial charge is 0.318 e. The fourth-order valence-corrected chi connectivity index (χ4v) is 3.84. The fraction of sp³-hybridized carbons (Fsp3) is 0.538. The molecule has 184 valence electrons. The molecule has 3 amide bonds. The van der Waals surface area contributed by atoms with Crippen molar-refractivity contribution < 1.29 is 9.59 Å². The number of hydrogen-bond donors (Lipinski definition) is 1. The number of aryl methyl sites for hydroxylation is 1. The van der Waals surface area contributed by atoms with Crippen LogP contribution in [-0.4, -0.2) is 76.2 Å². The maximum Gasteiger partial charge on any atom is 0.318 e. The largest absolute Gasteiger partial charge is 0.352 e. The third-order valence-electron chi connectivity index (χ3n) is 6.13. The first-order chi connectivity index (χ1) is 16.1. The molecule has 1 aromatic heterocycles. The summed E-state index contributed by atoms with van der Waals surface area (Å²) in [6, 6.07) is 12.0. The van der Waals surface area contributed by atoms with Gasteiger partial charge in [-0.2, -0.15) is 0 Å². The highest BCUT2D eigenvalue weighted by Crippen LogP contribution is 2.20. The normalized spacial score (nSPS) is 15.1. The van der Waals surface area contributed by atoms with Gasteiger partial charge < -0.3 is 20.0 Å². The molecule has 8 heteroatoms. The highest BCUT2D eigenvalue weighted by atomic mass is 16.2. The molecule has 2 aromatic rings. The molecular weight excluding hydrogens is 428 g/mol. The zero-order chi connectivity index (χ0) is 24.9. The molecule has 1 aromatic carbocycles. The lowest BCUT2D eigenvalue weighted by atomic mass is 10.1. The number of benzene rings is 1. The van der Waals surface area contributed by atoms with Crippen LogP contribution in [0.1, 0.15) is 46.6 Å². The molecule has 1 aliphatic heterocycles. The van der Waals surface area contributed by atoms with E-state index in [1.165, 1.54) is 5.56 Å². The standard InChI is InChI=1S/C26H38N6O2/c1-7-20(3)32(25(34)27-26(4,5)6)18-24(33)31-16-14-30(15-17-31)23-13-12-22(28-29-23)21-10-8-19(2)9-11-21/h8-13,20H,7,14-18H2,1-6H3,(H,27,34)/t20-/m0/s1. The molecule has 1 fully saturated rings. The SMILES string of the molecule is CC[C@H](C)N(CC(=O)N1CCN(c2ccc(-c3ccc(C)cc3)nn2)CC1)C(=O)NC(C)(C)C. The number of amides is 3. The van der Waals surface area contributed by atoms with Gasteiger partial charge in [0.05, 0.1) is 5.69 Å². The summed E-state index contributed by atoms with van der Waals surface area (Å²) in [4.78, 5) is 31.4. The number of carbonyl (C=O) groups is 2. The minimum Gasteiger partial charge on any atom is -0.352 e. The van der Waals surface area contributed by atoms with Crippen LogP contribution < -0.4 is 10.2 Å². The van der Waals surface area contributed by atoms with Gasteiger partial charge in [0.2, 0.25) is 5.91 Å². The molecule has 34 heavy (non-hydrogen) atoms. The molecule has 0 radical (unpaired) electrons. The van der Waals surface area contributed by atoms with Crippen molar-refractivity contribution in [1.29, 1.82) is 0 Å². The second-order valence-corrected chi connectivity index (χ2v) is 10.1. The first-order valence-corrected chi connectivity index (χ1v) is 12.1. The highest BCUT2D eigenvalue weighted by molar-refractivity contribution is 5.84. The number of nitrogens with one attached hydrogen (secondary N) is 1. The molecule has 1 saturated heterocycles. The Hall–Kier alpha value is -3.16. The fourth-order valence-electron chi connectivity index (χ4n) is 3.84. The number of nitrogens with zero attached hydrogens (tertiary/aromatic N) is 5. The summed E-state index contributed by atoms with van der Waals surface area (Å²) in [5.74, 6) is 0.790. The van der Waals surface area contributed by atoms with Crippen LogP contribution in [0, 0.1) is 6.92 Å². The van der Waals surface area contributed by atoms with E-state index in [1.807, 2.05) is 63.8 Å². The van der Waals surface area contributed by atoms with Crippen LogP contribution in [0.25, 0.3) is 11.3 Å². The molecule has 1 N–H and O–H groups in total. The van der Waals surface area contributed by atoms with E-state index in [4.69, 9.17) is 0 Å².